The first-order valence-corrected chi connectivity index (χ1v) is 10.1. The lowest BCUT2D eigenvalue weighted by molar-refractivity contribution is -0.139. The maximum Gasteiger partial charge on any atom is 0.254 e. The molecular formula is C23H26N2O4. The molecule has 0 radical (unpaired) electrons. The molecule has 2 heterocycles. The highest BCUT2D eigenvalue weighted by Crippen LogP contribution is 2.26. The number of carbonyl (C=O) groups is 2. The number of ether oxygens (including phenoxy) is 2. The van der Waals surface area contributed by atoms with Gasteiger partial charge >= 0.3 is 0 Å². The fourth-order valence-corrected chi connectivity index (χ4v) is 3.97. The molecule has 0 saturated carbocycles. The zero-order valence-electron chi connectivity index (χ0n) is 16.6. The summed E-state index contributed by atoms with van der Waals surface area (Å²) in [4.78, 5) is 30.0. The van der Waals surface area contributed by atoms with Gasteiger partial charge in [-0.2, -0.15) is 0 Å². The highest BCUT2D eigenvalue weighted by atomic mass is 16.5. The van der Waals surface area contributed by atoms with E-state index in [9.17, 15) is 9.59 Å². The van der Waals surface area contributed by atoms with E-state index in [1.165, 1.54) is 0 Å². The van der Waals surface area contributed by atoms with Gasteiger partial charge in [0.15, 0.2) is 0 Å². The molecule has 2 atom stereocenters. The third-order valence-electron chi connectivity index (χ3n) is 5.44. The van der Waals surface area contributed by atoms with Crippen LogP contribution in [0.1, 0.15) is 22.3 Å². The third kappa shape index (κ3) is 4.43. The predicted molar refractivity (Wildman–Crippen MR) is 109 cm³/mol. The van der Waals surface area contributed by atoms with Crippen molar-refractivity contribution in [3.8, 4) is 5.75 Å². The minimum absolute atomic E-state index is 0.0199. The van der Waals surface area contributed by atoms with Gasteiger partial charge in [-0.25, -0.2) is 0 Å². The van der Waals surface area contributed by atoms with E-state index in [-0.39, 0.29) is 17.9 Å². The quantitative estimate of drug-likeness (QED) is 0.800. The second kappa shape index (κ2) is 8.66. The second-order valence-corrected chi connectivity index (χ2v) is 7.57. The number of aryl methyl sites for hydroxylation is 1. The van der Waals surface area contributed by atoms with Gasteiger partial charge in [-0.3, -0.25) is 9.59 Å². The van der Waals surface area contributed by atoms with E-state index >= 15 is 0 Å². The molecule has 6 nitrogen and oxygen atoms in total. The summed E-state index contributed by atoms with van der Waals surface area (Å²) in [5.41, 5.74) is 1.62. The summed E-state index contributed by atoms with van der Waals surface area (Å²) < 4.78 is 11.5. The van der Waals surface area contributed by atoms with Gasteiger partial charge in [0.05, 0.1) is 19.8 Å². The molecule has 2 aromatic rings. The molecule has 152 valence electrons. The number of nitrogens with zero attached hydrogens (tertiary/aromatic N) is 2. The minimum Gasteiger partial charge on any atom is -0.488 e. The SMILES string of the molecule is Cc1cccc(C(=O)N2C[C@@H](Oc3ccccc3)C[C@H]2C(=O)N2CCOCC2)c1. The van der Waals surface area contributed by atoms with E-state index < -0.39 is 6.04 Å². The van der Waals surface area contributed by atoms with Crippen molar-refractivity contribution in [2.75, 3.05) is 32.8 Å². The fraction of sp³-hybridized carbons (Fsp3) is 0.391. The Bertz CT molecular complexity index is 864. The van der Waals surface area contributed by atoms with Gasteiger partial charge in [0, 0.05) is 25.1 Å². The van der Waals surface area contributed by atoms with Gasteiger partial charge in [0.1, 0.15) is 17.9 Å². The summed E-state index contributed by atoms with van der Waals surface area (Å²) >= 11 is 0. The number of carbonyl (C=O) groups excluding carboxylic acids is 2. The van der Waals surface area contributed by atoms with Crippen molar-refractivity contribution in [1.82, 2.24) is 9.80 Å². The molecule has 6 heteroatoms. The first-order chi connectivity index (χ1) is 14.1. The van der Waals surface area contributed by atoms with Crippen LogP contribution in [0.5, 0.6) is 5.75 Å². The summed E-state index contributed by atoms with van der Waals surface area (Å²) in [6, 6.07) is 16.5. The largest absolute Gasteiger partial charge is 0.488 e. The van der Waals surface area contributed by atoms with Crippen molar-refractivity contribution in [2.45, 2.75) is 25.5 Å². The Hall–Kier alpha value is -2.86. The Morgan fingerprint density at radius 3 is 2.52 bits per heavy atom. The molecule has 0 bridgehead atoms. The maximum absolute atomic E-state index is 13.3. The van der Waals surface area contributed by atoms with Crippen LogP contribution >= 0.6 is 0 Å². The molecule has 2 aromatic carbocycles. The molecule has 2 amide bonds. The summed E-state index contributed by atoms with van der Waals surface area (Å²) in [6.07, 6.45) is 0.268. The smallest absolute Gasteiger partial charge is 0.254 e. The van der Waals surface area contributed by atoms with Crippen molar-refractivity contribution in [2.24, 2.45) is 0 Å². The standard InChI is InChI=1S/C23H26N2O4/c1-17-6-5-7-18(14-17)22(26)25-16-20(29-19-8-3-2-4-9-19)15-21(25)23(27)24-10-12-28-13-11-24/h2-9,14,20-21H,10-13,15-16H2,1H3/t20-,21-/m0/s1. The van der Waals surface area contributed by atoms with Gasteiger partial charge in [-0.1, -0.05) is 35.9 Å². The molecule has 0 aliphatic carbocycles. The molecule has 0 aromatic heterocycles. The lowest BCUT2D eigenvalue weighted by atomic mass is 10.1. The van der Waals surface area contributed by atoms with Crippen LogP contribution in [0.25, 0.3) is 0 Å². The highest BCUT2D eigenvalue weighted by Gasteiger charge is 2.42. The fourth-order valence-electron chi connectivity index (χ4n) is 3.97. The molecule has 2 aliphatic rings. The first-order valence-electron chi connectivity index (χ1n) is 10.1. The summed E-state index contributed by atoms with van der Waals surface area (Å²) in [7, 11) is 0. The molecular weight excluding hydrogens is 368 g/mol. The average Bonchev–Trinajstić information content (AvgIpc) is 3.17. The normalized spacial score (nSPS) is 21.8. The molecule has 29 heavy (non-hydrogen) atoms. The van der Waals surface area contributed by atoms with E-state index in [2.05, 4.69) is 0 Å². The van der Waals surface area contributed by atoms with Crippen molar-refractivity contribution in [1.29, 1.82) is 0 Å². The lowest BCUT2D eigenvalue weighted by Gasteiger charge is -2.32. The molecule has 0 spiro atoms. The van der Waals surface area contributed by atoms with Crippen LogP contribution in [-0.2, 0) is 9.53 Å². The predicted octanol–water partition coefficient (Wildman–Crippen LogP) is 2.52. The molecule has 2 saturated heterocycles. The van der Waals surface area contributed by atoms with E-state index in [0.717, 1.165) is 11.3 Å². The number of likely N-dealkylation sites (tertiary alicyclic amines) is 1. The zero-order valence-corrected chi connectivity index (χ0v) is 16.6. The number of rotatable bonds is 4. The Kier molecular flexibility index (Phi) is 5.81. The van der Waals surface area contributed by atoms with Crippen LogP contribution in [0.2, 0.25) is 0 Å². The van der Waals surface area contributed by atoms with Gasteiger partial charge in [-0.05, 0) is 31.2 Å². The van der Waals surface area contributed by atoms with Crippen molar-refractivity contribution < 1.29 is 19.1 Å². The number of benzene rings is 2. The van der Waals surface area contributed by atoms with Crippen LogP contribution in [0.15, 0.2) is 54.6 Å². The topological polar surface area (TPSA) is 59.1 Å². The van der Waals surface area contributed by atoms with Crippen LogP contribution < -0.4 is 4.74 Å². The zero-order chi connectivity index (χ0) is 20.2. The van der Waals surface area contributed by atoms with Gasteiger partial charge < -0.3 is 19.3 Å². The van der Waals surface area contributed by atoms with Crippen LogP contribution in [0.4, 0.5) is 0 Å². The Morgan fingerprint density at radius 2 is 1.79 bits per heavy atom. The number of amides is 2. The average molecular weight is 394 g/mol. The van der Waals surface area contributed by atoms with Crippen LogP contribution in [-0.4, -0.2) is 66.6 Å². The molecule has 0 N–H and O–H groups in total. The van der Waals surface area contributed by atoms with Crippen LogP contribution in [0.3, 0.4) is 0 Å². The number of para-hydroxylation sites is 1. The summed E-state index contributed by atoms with van der Waals surface area (Å²) in [6.45, 7) is 4.54. The monoisotopic (exact) mass is 394 g/mol. The third-order valence-corrected chi connectivity index (χ3v) is 5.44. The summed E-state index contributed by atoms with van der Waals surface area (Å²) in [5.74, 6) is 0.605. The van der Waals surface area contributed by atoms with E-state index in [1.807, 2.05) is 55.5 Å². The van der Waals surface area contributed by atoms with E-state index in [0.29, 0.717) is 44.8 Å². The Labute approximate surface area is 171 Å². The number of hydrogen-bond donors (Lipinski definition) is 0. The Morgan fingerprint density at radius 1 is 1.03 bits per heavy atom. The van der Waals surface area contributed by atoms with E-state index in [4.69, 9.17) is 9.47 Å². The van der Waals surface area contributed by atoms with E-state index in [1.54, 1.807) is 15.9 Å². The van der Waals surface area contributed by atoms with Crippen molar-refractivity contribution in [3.63, 3.8) is 0 Å². The summed E-state index contributed by atoms with van der Waals surface area (Å²) in [5, 5.41) is 0. The van der Waals surface area contributed by atoms with Crippen molar-refractivity contribution in [3.05, 3.63) is 65.7 Å². The van der Waals surface area contributed by atoms with Gasteiger partial charge in [0.25, 0.3) is 5.91 Å². The van der Waals surface area contributed by atoms with Crippen LogP contribution in [0, 0.1) is 6.92 Å². The number of morpholine rings is 1. The lowest BCUT2D eigenvalue weighted by Crippen LogP contribution is -2.51. The molecule has 2 fully saturated rings. The molecule has 0 unspecified atom stereocenters. The second-order valence-electron chi connectivity index (χ2n) is 7.57. The molecule has 4 rings (SSSR count). The number of hydrogen-bond acceptors (Lipinski definition) is 4. The first kappa shape index (κ1) is 19.5. The highest BCUT2D eigenvalue weighted by molar-refractivity contribution is 5.98. The Balaban J connectivity index is 1.56. The molecule has 2 aliphatic heterocycles. The minimum atomic E-state index is -0.519. The maximum atomic E-state index is 13.3. The van der Waals surface area contributed by atoms with Crippen molar-refractivity contribution >= 4 is 11.8 Å². The van der Waals surface area contributed by atoms with Gasteiger partial charge in [-0.15, -0.1) is 0 Å². The van der Waals surface area contributed by atoms with Gasteiger partial charge in [0.2, 0.25) is 5.91 Å².